The van der Waals surface area contributed by atoms with Crippen molar-refractivity contribution in [2.24, 2.45) is 7.05 Å². The molecule has 6 nitrogen and oxygen atoms in total. The van der Waals surface area contributed by atoms with Gasteiger partial charge < -0.3 is 14.4 Å². The highest BCUT2D eigenvalue weighted by atomic mass is 19.4. The number of alkyl halides is 3. The van der Waals surface area contributed by atoms with Crippen LogP contribution in [0.4, 0.5) is 18.0 Å². The Labute approximate surface area is 175 Å². The summed E-state index contributed by atoms with van der Waals surface area (Å²) in [5, 5.41) is 15.6. The highest BCUT2D eigenvalue weighted by molar-refractivity contribution is 5.89. The first-order valence-corrected chi connectivity index (χ1v) is 9.57. The van der Waals surface area contributed by atoms with Crippen LogP contribution < -0.4 is 0 Å². The molecule has 0 aliphatic carbocycles. The van der Waals surface area contributed by atoms with E-state index in [1.54, 1.807) is 49.7 Å². The number of aliphatic hydroxyl groups is 1. The van der Waals surface area contributed by atoms with Gasteiger partial charge in [0.25, 0.3) is 0 Å². The number of nitrogens with zero attached hydrogens (tertiary/aromatic N) is 3. The molecule has 0 bridgehead atoms. The first-order valence-electron chi connectivity index (χ1n) is 9.57. The van der Waals surface area contributed by atoms with Crippen LogP contribution in [0, 0.1) is 0 Å². The number of carbonyl (C=O) groups is 1. The van der Waals surface area contributed by atoms with E-state index in [4.69, 9.17) is 4.74 Å². The number of benzene rings is 2. The van der Waals surface area contributed by atoms with Crippen LogP contribution in [0.25, 0.3) is 21.8 Å². The Hall–Kier alpha value is -3.33. The second kappa shape index (κ2) is 7.12. The number of hydrogen-bond acceptors (Lipinski definition) is 4. The van der Waals surface area contributed by atoms with Crippen LogP contribution in [0.15, 0.2) is 54.9 Å². The van der Waals surface area contributed by atoms with E-state index in [9.17, 15) is 23.1 Å². The van der Waals surface area contributed by atoms with E-state index < -0.39 is 17.9 Å². The van der Waals surface area contributed by atoms with Crippen LogP contribution in [0.5, 0.6) is 0 Å². The van der Waals surface area contributed by atoms with Gasteiger partial charge in [0.2, 0.25) is 5.60 Å². The third kappa shape index (κ3) is 3.25. The van der Waals surface area contributed by atoms with Crippen molar-refractivity contribution in [1.82, 2.24) is 14.3 Å². The van der Waals surface area contributed by atoms with E-state index in [2.05, 4.69) is 5.10 Å². The molecule has 4 rings (SSSR count). The van der Waals surface area contributed by atoms with Crippen molar-refractivity contribution in [1.29, 1.82) is 0 Å². The monoisotopic (exact) mass is 431 g/mol. The number of aryl methyl sites for hydroxylation is 1. The topological polar surface area (TPSA) is 69.3 Å². The van der Waals surface area contributed by atoms with Crippen molar-refractivity contribution in [3.63, 3.8) is 0 Å². The van der Waals surface area contributed by atoms with Gasteiger partial charge in [-0.2, -0.15) is 23.0 Å². The molecule has 0 saturated heterocycles. The van der Waals surface area contributed by atoms with E-state index in [0.29, 0.717) is 10.9 Å². The summed E-state index contributed by atoms with van der Waals surface area (Å²) in [7, 11) is 1.62. The molecule has 4 aromatic rings. The zero-order valence-electron chi connectivity index (χ0n) is 17.0. The van der Waals surface area contributed by atoms with Crippen molar-refractivity contribution in [2.45, 2.75) is 31.7 Å². The molecule has 1 N–H and O–H groups in total. The molecule has 0 radical (unpaired) electrons. The summed E-state index contributed by atoms with van der Waals surface area (Å²) in [5.41, 5.74) is -3.07. The number of halogens is 3. The summed E-state index contributed by atoms with van der Waals surface area (Å²) in [4.78, 5) is 12.2. The molecule has 2 aromatic heterocycles. The molecule has 0 saturated carbocycles. The number of carbonyl (C=O) groups excluding carboxylic acids is 1. The van der Waals surface area contributed by atoms with Gasteiger partial charge in [-0.3, -0.25) is 0 Å². The van der Waals surface area contributed by atoms with Crippen molar-refractivity contribution in [2.75, 3.05) is 0 Å². The van der Waals surface area contributed by atoms with Gasteiger partial charge in [-0.1, -0.05) is 24.3 Å². The third-order valence-electron chi connectivity index (χ3n) is 5.19. The Morgan fingerprint density at radius 2 is 1.84 bits per heavy atom. The molecule has 0 aliphatic rings. The van der Waals surface area contributed by atoms with Gasteiger partial charge in [-0.25, -0.2) is 4.79 Å². The number of fused-ring (bicyclic) bond motifs is 2. The minimum Gasteiger partial charge on any atom is -0.445 e. The van der Waals surface area contributed by atoms with Crippen LogP contribution in [0.2, 0.25) is 0 Å². The summed E-state index contributed by atoms with van der Waals surface area (Å²) in [5.74, 6) is 0. The maximum absolute atomic E-state index is 14.3. The van der Waals surface area contributed by atoms with Crippen LogP contribution >= 0.6 is 0 Å². The summed E-state index contributed by atoms with van der Waals surface area (Å²) in [6.45, 7) is 3.35. The average molecular weight is 431 g/mol. The minimum absolute atomic E-state index is 0.265. The molecule has 162 valence electrons. The number of para-hydroxylation sites is 1. The zero-order valence-corrected chi connectivity index (χ0v) is 17.0. The molecule has 1 unspecified atom stereocenters. The van der Waals surface area contributed by atoms with Gasteiger partial charge >= 0.3 is 12.3 Å². The Morgan fingerprint density at radius 1 is 1.13 bits per heavy atom. The molecule has 0 fully saturated rings. The fourth-order valence-corrected chi connectivity index (χ4v) is 3.76. The lowest BCUT2D eigenvalue weighted by Crippen LogP contribution is -2.43. The highest BCUT2D eigenvalue weighted by Gasteiger charge is 2.57. The van der Waals surface area contributed by atoms with Gasteiger partial charge in [0.1, 0.15) is 0 Å². The van der Waals surface area contributed by atoms with E-state index in [-0.39, 0.29) is 28.1 Å². The molecule has 0 amide bonds. The third-order valence-corrected chi connectivity index (χ3v) is 5.19. The first-order chi connectivity index (χ1) is 14.5. The number of aromatic nitrogens is 3. The Morgan fingerprint density at radius 3 is 2.52 bits per heavy atom. The molecule has 31 heavy (non-hydrogen) atoms. The second-order valence-electron chi connectivity index (χ2n) is 7.64. The predicted octanol–water partition coefficient (Wildman–Crippen LogP) is 4.72. The predicted molar refractivity (Wildman–Crippen MR) is 109 cm³/mol. The molecule has 2 aromatic carbocycles. The van der Waals surface area contributed by atoms with E-state index >= 15 is 0 Å². The number of hydrogen-bond donors (Lipinski definition) is 1. The Bertz CT molecular complexity index is 1290. The lowest BCUT2D eigenvalue weighted by Gasteiger charge is -2.31. The van der Waals surface area contributed by atoms with Crippen molar-refractivity contribution >= 4 is 27.9 Å². The van der Waals surface area contributed by atoms with Crippen LogP contribution in [0.1, 0.15) is 25.0 Å². The van der Waals surface area contributed by atoms with Crippen molar-refractivity contribution in [3.05, 3.63) is 66.0 Å². The molecule has 0 aliphatic heterocycles. The summed E-state index contributed by atoms with van der Waals surface area (Å²) < 4.78 is 50.6. The fourth-order valence-electron chi connectivity index (χ4n) is 3.76. The smallest absolute Gasteiger partial charge is 0.435 e. The van der Waals surface area contributed by atoms with Crippen LogP contribution in [0.3, 0.4) is 0 Å². The highest BCUT2D eigenvalue weighted by Crippen LogP contribution is 2.47. The van der Waals surface area contributed by atoms with Crippen molar-refractivity contribution < 1.29 is 27.8 Å². The largest absolute Gasteiger partial charge is 0.445 e. The van der Waals surface area contributed by atoms with Crippen LogP contribution in [-0.4, -0.2) is 37.8 Å². The first kappa shape index (κ1) is 20.9. The quantitative estimate of drug-likeness (QED) is 0.510. The van der Waals surface area contributed by atoms with E-state index in [1.807, 2.05) is 0 Å². The zero-order chi connectivity index (χ0) is 22.6. The maximum atomic E-state index is 14.3. The molecule has 2 heterocycles. The maximum Gasteiger partial charge on any atom is 0.435 e. The van der Waals surface area contributed by atoms with Gasteiger partial charge in [0, 0.05) is 35.1 Å². The molecular formula is C22H20F3N3O3. The van der Waals surface area contributed by atoms with Gasteiger partial charge in [0.15, 0.2) is 0 Å². The van der Waals surface area contributed by atoms with Gasteiger partial charge in [0.05, 0.1) is 17.8 Å². The average Bonchev–Trinajstić information content (AvgIpc) is 3.27. The molecule has 1 atom stereocenters. The normalized spacial score (nSPS) is 14.3. The second-order valence-corrected chi connectivity index (χ2v) is 7.64. The number of rotatable bonds is 3. The lowest BCUT2D eigenvalue weighted by atomic mass is 9.85. The number of ether oxygens (including phenoxy) is 1. The minimum atomic E-state index is -5.00. The summed E-state index contributed by atoms with van der Waals surface area (Å²) >= 11 is 0. The van der Waals surface area contributed by atoms with Gasteiger partial charge in [-0.05, 0) is 37.6 Å². The molecule has 9 heteroatoms. The molecule has 0 spiro atoms. The Kier molecular flexibility index (Phi) is 4.81. The summed E-state index contributed by atoms with van der Waals surface area (Å²) in [6.07, 6.45) is -3.57. The van der Waals surface area contributed by atoms with E-state index in [0.717, 1.165) is 10.7 Å². The SMILES string of the molecule is CC(C)OC(=O)n1ncc2cc(C(O)(c3cn(C)c4ccccc34)C(F)(F)F)ccc21. The van der Waals surface area contributed by atoms with Crippen molar-refractivity contribution in [3.8, 4) is 0 Å². The molecular weight excluding hydrogens is 411 g/mol. The van der Waals surface area contributed by atoms with Gasteiger partial charge in [-0.15, -0.1) is 0 Å². The standard InChI is InChI=1S/C22H20F3N3O3/c1-13(2)31-20(29)28-18-9-8-15(10-14(18)11-26-28)21(30,22(23,24)25)17-12-27(3)19-7-5-4-6-16(17)19/h4-13,30H,1-3H3. The summed E-state index contributed by atoms with van der Waals surface area (Å²) in [6, 6.07) is 10.2. The van der Waals surface area contributed by atoms with Crippen LogP contribution in [-0.2, 0) is 17.4 Å². The lowest BCUT2D eigenvalue weighted by molar-refractivity contribution is -0.247. The Balaban J connectivity index is 1.90. The fraction of sp³-hybridized carbons (Fsp3) is 0.273. The van der Waals surface area contributed by atoms with E-state index in [1.165, 1.54) is 24.5 Å².